The number of phenolic OH excluding ortho intramolecular Hbond substituents is 4. The summed E-state index contributed by atoms with van der Waals surface area (Å²) in [7, 11) is 0. The van der Waals surface area contributed by atoms with Crippen molar-refractivity contribution in [2.45, 2.75) is 124 Å². The average Bonchev–Trinajstić information content (AvgIpc) is 2.92. The second-order valence-corrected chi connectivity index (χ2v) is 17.5. The summed E-state index contributed by atoms with van der Waals surface area (Å²) in [6, 6.07) is 19.7. The minimum Gasteiger partial charge on any atom is -0.508 e. The molecule has 4 rings (SSSR count). The van der Waals surface area contributed by atoms with E-state index in [9.17, 15) is 20.4 Å². The van der Waals surface area contributed by atoms with Crippen molar-refractivity contribution in [1.82, 2.24) is 0 Å². The Labute approximate surface area is 283 Å². The van der Waals surface area contributed by atoms with E-state index in [0.29, 0.717) is 19.3 Å². The molecule has 0 fully saturated rings. The Hall–Kier alpha value is -3.92. The third-order valence-electron chi connectivity index (χ3n) is 9.30. The fourth-order valence-electron chi connectivity index (χ4n) is 5.93. The molecule has 4 heteroatoms. The molecule has 0 spiro atoms. The Balaban J connectivity index is 1.85. The molecule has 4 nitrogen and oxygen atoms in total. The summed E-state index contributed by atoms with van der Waals surface area (Å²) in [4.78, 5) is 0. The third-order valence-corrected chi connectivity index (χ3v) is 9.30. The smallest absolute Gasteiger partial charge is 0.122 e. The molecule has 0 unspecified atom stereocenters. The van der Waals surface area contributed by atoms with Crippen LogP contribution in [-0.4, -0.2) is 20.4 Å². The van der Waals surface area contributed by atoms with Crippen molar-refractivity contribution in [1.29, 1.82) is 0 Å². The minimum absolute atomic E-state index is 0.0823. The van der Waals surface area contributed by atoms with Gasteiger partial charge in [-0.05, 0) is 89.4 Å². The maximum atomic E-state index is 11.8. The number of rotatable bonds is 6. The van der Waals surface area contributed by atoms with Gasteiger partial charge in [-0.15, -0.1) is 0 Å². The van der Waals surface area contributed by atoms with Crippen molar-refractivity contribution in [3.63, 3.8) is 0 Å². The molecule has 0 aliphatic heterocycles. The van der Waals surface area contributed by atoms with Crippen molar-refractivity contribution in [3.05, 3.63) is 116 Å². The maximum absolute atomic E-state index is 11.8. The number of phenols is 4. The highest BCUT2D eigenvalue weighted by Gasteiger charge is 2.25. The van der Waals surface area contributed by atoms with E-state index in [0.717, 1.165) is 55.6 Å². The van der Waals surface area contributed by atoms with E-state index in [-0.39, 0.29) is 44.7 Å². The van der Waals surface area contributed by atoms with E-state index in [1.165, 1.54) is 0 Å². The Morgan fingerprint density at radius 1 is 0.340 bits per heavy atom. The molecule has 0 amide bonds. The quantitative estimate of drug-likeness (QED) is 0.170. The van der Waals surface area contributed by atoms with Crippen LogP contribution in [0.4, 0.5) is 0 Å². The molecule has 47 heavy (non-hydrogen) atoms. The molecule has 252 valence electrons. The Bertz CT molecular complexity index is 1640. The lowest BCUT2D eigenvalue weighted by molar-refractivity contribution is 0.452. The fraction of sp³-hybridized carbons (Fsp3) is 0.442. The van der Waals surface area contributed by atoms with Crippen LogP contribution in [0, 0.1) is 0 Å². The monoisotopic (exact) mass is 636 g/mol. The van der Waals surface area contributed by atoms with Crippen molar-refractivity contribution < 1.29 is 20.4 Å². The zero-order valence-electron chi connectivity index (χ0n) is 30.7. The highest BCUT2D eigenvalue weighted by Crippen LogP contribution is 2.40. The molecular formula is C43H56O4. The lowest BCUT2D eigenvalue weighted by Crippen LogP contribution is -2.14. The molecule has 0 bridgehead atoms. The molecule has 0 heterocycles. The first-order valence-electron chi connectivity index (χ1n) is 16.8. The molecule has 0 aromatic heterocycles. The predicted molar refractivity (Wildman–Crippen MR) is 196 cm³/mol. The Kier molecular flexibility index (Phi) is 9.63. The molecule has 0 radical (unpaired) electrons. The van der Waals surface area contributed by atoms with Gasteiger partial charge in [0, 0.05) is 19.3 Å². The molecule has 0 saturated heterocycles. The van der Waals surface area contributed by atoms with Gasteiger partial charge in [0.1, 0.15) is 23.0 Å². The zero-order valence-corrected chi connectivity index (χ0v) is 30.7. The predicted octanol–water partition coefficient (Wildman–Crippen LogP) is 10.5. The number of benzene rings is 4. The summed E-state index contributed by atoms with van der Waals surface area (Å²) in [5.41, 5.74) is 8.29. The molecule has 0 atom stereocenters. The highest BCUT2D eigenvalue weighted by atomic mass is 16.3. The van der Waals surface area contributed by atoms with Crippen molar-refractivity contribution >= 4 is 0 Å². The summed E-state index contributed by atoms with van der Waals surface area (Å²) < 4.78 is 0. The van der Waals surface area contributed by atoms with Gasteiger partial charge in [-0.3, -0.25) is 0 Å². The van der Waals surface area contributed by atoms with Gasteiger partial charge in [0.2, 0.25) is 0 Å². The van der Waals surface area contributed by atoms with Crippen molar-refractivity contribution in [2.75, 3.05) is 0 Å². The van der Waals surface area contributed by atoms with Gasteiger partial charge in [0.25, 0.3) is 0 Å². The second-order valence-electron chi connectivity index (χ2n) is 17.5. The van der Waals surface area contributed by atoms with Crippen LogP contribution in [0.25, 0.3) is 0 Å². The summed E-state index contributed by atoms with van der Waals surface area (Å²) in [6.07, 6.45) is 1.08. The largest absolute Gasteiger partial charge is 0.508 e. The first-order chi connectivity index (χ1) is 21.4. The van der Waals surface area contributed by atoms with E-state index in [1.807, 2.05) is 48.5 Å². The maximum Gasteiger partial charge on any atom is 0.122 e. The van der Waals surface area contributed by atoms with E-state index in [2.05, 4.69) is 83.1 Å². The van der Waals surface area contributed by atoms with Gasteiger partial charge < -0.3 is 20.4 Å². The fourth-order valence-corrected chi connectivity index (χ4v) is 5.93. The number of hydrogen-bond acceptors (Lipinski definition) is 4. The van der Waals surface area contributed by atoms with Crippen molar-refractivity contribution in [2.24, 2.45) is 0 Å². The lowest BCUT2D eigenvalue weighted by atomic mass is 9.80. The summed E-state index contributed by atoms with van der Waals surface area (Å²) >= 11 is 0. The van der Waals surface area contributed by atoms with Crippen LogP contribution < -0.4 is 0 Å². The van der Waals surface area contributed by atoms with Crippen LogP contribution in [0.3, 0.4) is 0 Å². The molecule has 4 N–H and O–H groups in total. The number of hydrogen-bond donors (Lipinski definition) is 4. The van der Waals surface area contributed by atoms with Gasteiger partial charge in [-0.25, -0.2) is 0 Å². The third kappa shape index (κ3) is 8.33. The summed E-state index contributed by atoms with van der Waals surface area (Å²) in [5.74, 6) is 0.769. The Morgan fingerprint density at radius 3 is 0.830 bits per heavy atom. The molecular weight excluding hydrogens is 580 g/mol. The molecule has 0 aliphatic carbocycles. The standard InChI is InChI=1S/C43H56O4/c1-40(2,3)32-13-15-36(44)26(20-32)17-28-22-34(42(7,8)9)24-30(38(28)46)19-31-25-35(43(10,11)12)23-29(39(31)47)18-27-21-33(41(4,5)6)14-16-37(27)45/h13-16,20-25,44-47H,17-19H2,1-12H3. The van der Waals surface area contributed by atoms with Crippen LogP contribution in [0.1, 0.15) is 139 Å². The van der Waals surface area contributed by atoms with E-state index in [1.54, 1.807) is 12.1 Å². The lowest BCUT2D eigenvalue weighted by Gasteiger charge is -2.25. The van der Waals surface area contributed by atoms with Gasteiger partial charge >= 0.3 is 0 Å². The van der Waals surface area contributed by atoms with Crippen LogP contribution >= 0.6 is 0 Å². The van der Waals surface area contributed by atoms with Gasteiger partial charge in [0.05, 0.1) is 0 Å². The summed E-state index contributed by atoms with van der Waals surface area (Å²) in [6.45, 7) is 25.8. The molecule has 0 saturated carbocycles. The van der Waals surface area contributed by atoms with Crippen LogP contribution in [0.15, 0.2) is 60.7 Å². The van der Waals surface area contributed by atoms with Crippen LogP contribution in [-0.2, 0) is 40.9 Å². The second kappa shape index (κ2) is 12.6. The average molecular weight is 637 g/mol. The van der Waals surface area contributed by atoms with E-state index >= 15 is 0 Å². The molecule has 0 aliphatic rings. The van der Waals surface area contributed by atoms with Crippen LogP contribution in [0.2, 0.25) is 0 Å². The first kappa shape index (κ1) is 35.9. The zero-order chi connectivity index (χ0) is 35.3. The normalized spacial score (nSPS) is 12.9. The van der Waals surface area contributed by atoms with Gasteiger partial charge in [0.15, 0.2) is 0 Å². The highest BCUT2D eigenvalue weighted by molar-refractivity contribution is 5.55. The first-order valence-corrected chi connectivity index (χ1v) is 16.8. The van der Waals surface area contributed by atoms with Gasteiger partial charge in [-0.2, -0.15) is 0 Å². The SMILES string of the molecule is CC(C)(C)c1ccc(O)c(Cc2cc(C(C)(C)C)cc(Cc3cc(C(C)(C)C)cc(Cc4cc(C(C)(C)C)ccc4O)c3O)c2O)c1. The topological polar surface area (TPSA) is 80.9 Å². The summed E-state index contributed by atoms with van der Waals surface area (Å²) in [5, 5.41) is 45.2. The number of aromatic hydroxyl groups is 4. The van der Waals surface area contributed by atoms with Crippen molar-refractivity contribution in [3.8, 4) is 23.0 Å². The van der Waals surface area contributed by atoms with Crippen LogP contribution in [0.5, 0.6) is 23.0 Å². The minimum atomic E-state index is -0.192. The van der Waals surface area contributed by atoms with E-state index in [4.69, 9.17) is 0 Å². The van der Waals surface area contributed by atoms with E-state index < -0.39 is 0 Å². The Morgan fingerprint density at radius 2 is 0.574 bits per heavy atom. The van der Waals surface area contributed by atoms with Gasteiger partial charge in [-0.1, -0.05) is 132 Å². The molecule has 4 aromatic rings. The molecule has 4 aromatic carbocycles.